The predicted octanol–water partition coefficient (Wildman–Crippen LogP) is 3.77. The maximum atomic E-state index is 13.2. The lowest BCUT2D eigenvalue weighted by atomic mass is 10.1. The van der Waals surface area contributed by atoms with E-state index in [1.165, 1.54) is 4.68 Å². The number of aliphatic carboxylic acids is 1. The molecule has 0 fully saturated rings. The Hall–Kier alpha value is -3.96. The van der Waals surface area contributed by atoms with Gasteiger partial charge in [0.1, 0.15) is 11.8 Å². The average Bonchev–Trinajstić information content (AvgIpc) is 3.29. The highest BCUT2D eigenvalue weighted by molar-refractivity contribution is 7.89. The number of benzene rings is 2. The topological polar surface area (TPSA) is 135 Å². The summed E-state index contributed by atoms with van der Waals surface area (Å²) in [6, 6.07) is 11.6. The number of nitrogens with one attached hydrogen (secondary N) is 2. The molecule has 40 heavy (non-hydrogen) atoms. The lowest BCUT2D eigenvalue weighted by Crippen LogP contribution is -2.44. The molecular formula is C29H33N5O5S. The van der Waals surface area contributed by atoms with Crippen molar-refractivity contribution >= 4 is 32.6 Å². The van der Waals surface area contributed by atoms with Crippen molar-refractivity contribution in [2.75, 3.05) is 18.5 Å². The summed E-state index contributed by atoms with van der Waals surface area (Å²) in [7, 11) is -4.08. The number of fused-ring (bicyclic) bond motifs is 2. The molecule has 0 amide bonds. The van der Waals surface area contributed by atoms with E-state index in [1.807, 2.05) is 19.1 Å². The smallest absolute Gasteiger partial charge is 0.323 e. The summed E-state index contributed by atoms with van der Waals surface area (Å²) in [5.41, 5.74) is 5.92. The first kappa shape index (κ1) is 27.6. The molecule has 3 heterocycles. The van der Waals surface area contributed by atoms with Crippen LogP contribution in [0.3, 0.4) is 0 Å². The molecule has 0 bridgehead atoms. The maximum Gasteiger partial charge on any atom is 0.323 e. The van der Waals surface area contributed by atoms with Crippen molar-refractivity contribution in [3.63, 3.8) is 0 Å². The molecule has 2 aromatic heterocycles. The highest BCUT2D eigenvalue weighted by Crippen LogP contribution is 2.24. The zero-order chi connectivity index (χ0) is 28.4. The number of ether oxygens (including phenoxy) is 1. The lowest BCUT2D eigenvalue weighted by Gasteiger charge is -2.18. The maximum absolute atomic E-state index is 13.2. The predicted molar refractivity (Wildman–Crippen MR) is 152 cm³/mol. The van der Waals surface area contributed by atoms with E-state index in [0.717, 1.165) is 47.4 Å². The van der Waals surface area contributed by atoms with Gasteiger partial charge in [-0.25, -0.2) is 8.42 Å². The number of aryl methyl sites for hydroxylation is 4. The second-order valence-corrected chi connectivity index (χ2v) is 11.9. The van der Waals surface area contributed by atoms with Crippen LogP contribution in [0.15, 0.2) is 53.6 Å². The Morgan fingerprint density at radius 3 is 2.67 bits per heavy atom. The monoisotopic (exact) mass is 563 g/mol. The summed E-state index contributed by atoms with van der Waals surface area (Å²) in [5, 5.41) is 18.3. The Balaban J connectivity index is 1.26. The van der Waals surface area contributed by atoms with Crippen LogP contribution in [0.4, 0.5) is 5.69 Å². The van der Waals surface area contributed by atoms with Gasteiger partial charge >= 0.3 is 5.97 Å². The van der Waals surface area contributed by atoms with Crippen molar-refractivity contribution in [2.45, 2.75) is 57.5 Å². The first-order chi connectivity index (χ1) is 19.1. The van der Waals surface area contributed by atoms with E-state index >= 15 is 0 Å². The van der Waals surface area contributed by atoms with Gasteiger partial charge in [0, 0.05) is 24.0 Å². The summed E-state index contributed by atoms with van der Waals surface area (Å²) >= 11 is 0. The average molecular weight is 564 g/mol. The number of aromatic nitrogens is 3. The molecule has 0 spiro atoms. The van der Waals surface area contributed by atoms with Gasteiger partial charge < -0.3 is 15.2 Å². The van der Waals surface area contributed by atoms with Gasteiger partial charge in [-0.05, 0) is 75.1 Å². The van der Waals surface area contributed by atoms with E-state index in [1.54, 1.807) is 44.3 Å². The molecule has 11 heteroatoms. The molecule has 0 radical (unpaired) electrons. The Kier molecular flexibility index (Phi) is 7.77. The molecule has 5 rings (SSSR count). The number of carboxylic acids is 1. The number of carbonyl (C=O) groups is 1. The van der Waals surface area contributed by atoms with Gasteiger partial charge in [0.2, 0.25) is 10.0 Å². The molecule has 10 nitrogen and oxygen atoms in total. The summed E-state index contributed by atoms with van der Waals surface area (Å²) in [6.45, 7) is 6.54. The third-order valence-corrected chi connectivity index (χ3v) is 8.78. The van der Waals surface area contributed by atoms with E-state index in [9.17, 15) is 18.3 Å². The number of hydrogen-bond acceptors (Lipinski definition) is 7. The van der Waals surface area contributed by atoms with Crippen LogP contribution < -0.4 is 14.8 Å². The number of carboxylic acid groups (broad SMARTS) is 1. The molecule has 1 aliphatic heterocycles. The fourth-order valence-electron chi connectivity index (χ4n) is 5.27. The van der Waals surface area contributed by atoms with E-state index in [2.05, 4.69) is 21.2 Å². The van der Waals surface area contributed by atoms with Gasteiger partial charge in [0.15, 0.2) is 0 Å². The van der Waals surface area contributed by atoms with Crippen LogP contribution in [-0.2, 0) is 34.2 Å². The van der Waals surface area contributed by atoms with Crippen LogP contribution in [0.25, 0.3) is 10.9 Å². The first-order valence-corrected chi connectivity index (χ1v) is 14.7. The Labute approximate surface area is 233 Å². The van der Waals surface area contributed by atoms with Gasteiger partial charge in [-0.1, -0.05) is 17.7 Å². The Morgan fingerprint density at radius 2 is 1.93 bits per heavy atom. The van der Waals surface area contributed by atoms with Crippen molar-refractivity contribution in [1.82, 2.24) is 19.5 Å². The second kappa shape index (κ2) is 11.3. The SMILES string of the molecule is Cc1cc(C)c(S(=O)(=O)NC(Cn2ncc3cc(OCCc4ccc5c(n4)CCCN5)ccc32)C(=O)O)c(C)c1. The molecule has 3 N–H and O–H groups in total. The third kappa shape index (κ3) is 5.95. The number of nitrogens with zero attached hydrogens (tertiary/aromatic N) is 3. The van der Waals surface area contributed by atoms with Crippen LogP contribution in [0, 0.1) is 20.8 Å². The molecule has 4 aromatic rings. The molecular weight excluding hydrogens is 530 g/mol. The van der Waals surface area contributed by atoms with Crippen molar-refractivity contribution in [2.24, 2.45) is 0 Å². The summed E-state index contributed by atoms with van der Waals surface area (Å²) in [5.74, 6) is -0.631. The highest BCUT2D eigenvalue weighted by atomic mass is 32.2. The minimum atomic E-state index is -4.08. The minimum absolute atomic E-state index is 0.0960. The first-order valence-electron chi connectivity index (χ1n) is 13.2. The van der Waals surface area contributed by atoms with Crippen LogP contribution in [0.5, 0.6) is 5.75 Å². The zero-order valence-corrected chi connectivity index (χ0v) is 23.6. The number of rotatable bonds is 10. The van der Waals surface area contributed by atoms with Gasteiger partial charge in [-0.15, -0.1) is 0 Å². The number of hydrogen-bond donors (Lipinski definition) is 3. The van der Waals surface area contributed by atoms with E-state index in [4.69, 9.17) is 9.72 Å². The van der Waals surface area contributed by atoms with E-state index < -0.39 is 22.0 Å². The fraction of sp³-hybridized carbons (Fsp3) is 0.345. The molecule has 1 aliphatic rings. The molecule has 0 saturated heterocycles. The van der Waals surface area contributed by atoms with Gasteiger partial charge in [0.05, 0.1) is 41.1 Å². The van der Waals surface area contributed by atoms with Crippen molar-refractivity contribution in [3.8, 4) is 5.75 Å². The summed E-state index contributed by atoms with van der Waals surface area (Å²) < 4.78 is 36.2. The van der Waals surface area contributed by atoms with Crippen molar-refractivity contribution in [1.29, 1.82) is 0 Å². The molecule has 1 atom stereocenters. The molecule has 2 aromatic carbocycles. The second-order valence-electron chi connectivity index (χ2n) is 10.2. The van der Waals surface area contributed by atoms with Gasteiger partial charge in [-0.3, -0.25) is 14.5 Å². The van der Waals surface area contributed by atoms with Gasteiger partial charge in [-0.2, -0.15) is 9.82 Å². The molecule has 210 valence electrons. The van der Waals surface area contributed by atoms with Crippen LogP contribution in [-0.4, -0.2) is 53.5 Å². The normalized spacial score (nSPS) is 14.0. The Bertz CT molecular complexity index is 1660. The molecule has 0 aliphatic carbocycles. The minimum Gasteiger partial charge on any atom is -0.493 e. The third-order valence-electron chi connectivity index (χ3n) is 7.00. The standard InChI is InChI=1S/C29H33N5O5S/c1-18-13-19(2)28(20(3)14-18)40(37,38)33-26(29(35)36)17-34-27-9-7-23(15-21(27)16-31-34)39-12-10-22-6-8-24-25(32-22)5-4-11-30-24/h6-9,13-16,26,30,33H,4-5,10-12,17H2,1-3H3,(H,35,36). The van der Waals surface area contributed by atoms with E-state index in [0.29, 0.717) is 35.4 Å². The van der Waals surface area contributed by atoms with Crippen LogP contribution in [0.1, 0.15) is 34.5 Å². The van der Waals surface area contributed by atoms with Crippen molar-refractivity contribution in [3.05, 3.63) is 76.7 Å². The largest absolute Gasteiger partial charge is 0.493 e. The number of anilines is 1. The van der Waals surface area contributed by atoms with E-state index in [-0.39, 0.29) is 11.4 Å². The summed E-state index contributed by atoms with van der Waals surface area (Å²) in [6.07, 6.45) is 4.35. The molecule has 0 saturated carbocycles. The fourth-order valence-corrected chi connectivity index (χ4v) is 6.90. The van der Waals surface area contributed by atoms with Crippen LogP contribution in [0.2, 0.25) is 0 Å². The zero-order valence-electron chi connectivity index (χ0n) is 22.8. The van der Waals surface area contributed by atoms with Gasteiger partial charge in [0.25, 0.3) is 0 Å². The lowest BCUT2D eigenvalue weighted by molar-refractivity contribution is -0.139. The van der Waals surface area contributed by atoms with Crippen LogP contribution >= 0.6 is 0 Å². The van der Waals surface area contributed by atoms with Crippen molar-refractivity contribution < 1.29 is 23.1 Å². The number of pyridine rings is 1. The number of sulfonamides is 1. The molecule has 1 unspecified atom stereocenters. The Morgan fingerprint density at radius 1 is 1.15 bits per heavy atom. The summed E-state index contributed by atoms with van der Waals surface area (Å²) in [4.78, 5) is 16.9. The quantitative estimate of drug-likeness (QED) is 0.265. The highest BCUT2D eigenvalue weighted by Gasteiger charge is 2.29.